The van der Waals surface area contributed by atoms with E-state index in [2.05, 4.69) is 15.1 Å². The molecular weight excluding hydrogens is 395 g/mol. The van der Waals surface area contributed by atoms with Crippen molar-refractivity contribution in [2.24, 2.45) is 13.0 Å². The number of hydrogen-bond donors (Lipinski definition) is 0. The molecule has 158 valence electrons. The Hall–Kier alpha value is -2.81. The van der Waals surface area contributed by atoms with Crippen molar-refractivity contribution in [1.29, 1.82) is 0 Å². The van der Waals surface area contributed by atoms with Gasteiger partial charge in [0.1, 0.15) is 0 Å². The Morgan fingerprint density at radius 3 is 2.50 bits per heavy atom. The molecule has 0 spiro atoms. The number of halogens is 3. The molecular formula is C21H22F3N5O. The van der Waals surface area contributed by atoms with Crippen LogP contribution >= 0.6 is 0 Å². The summed E-state index contributed by atoms with van der Waals surface area (Å²) >= 11 is 0. The quantitative estimate of drug-likeness (QED) is 0.637. The summed E-state index contributed by atoms with van der Waals surface area (Å²) in [4.78, 5) is 23.0. The number of fused-ring (bicyclic) bond motifs is 1. The molecule has 30 heavy (non-hydrogen) atoms. The van der Waals surface area contributed by atoms with Crippen LogP contribution in [0.25, 0.3) is 22.0 Å². The Kier molecular flexibility index (Phi) is 5.55. The van der Waals surface area contributed by atoms with Crippen LogP contribution in [-0.2, 0) is 18.3 Å². The minimum Gasteiger partial charge on any atom is -0.298 e. The van der Waals surface area contributed by atoms with E-state index in [4.69, 9.17) is 0 Å². The molecule has 4 heterocycles. The van der Waals surface area contributed by atoms with E-state index in [1.165, 1.54) is 0 Å². The molecule has 1 aliphatic heterocycles. The van der Waals surface area contributed by atoms with Crippen molar-refractivity contribution in [3.63, 3.8) is 0 Å². The fraction of sp³-hybridized carbons (Fsp3) is 0.429. The lowest BCUT2D eigenvalue weighted by atomic mass is 9.96. The van der Waals surface area contributed by atoms with Gasteiger partial charge in [-0.2, -0.15) is 18.3 Å². The standard InChI is InChI=1S/C21H22F3N5O/c1-28-12-16(11-27-28)20-7-14-6-18(25-9-15(14)10-26-20)8-19(30)13-29-4-2-17(3-5-29)21(22,23)24/h6-7,9-12,17H,2-5,8,13H2,1H3. The molecule has 0 saturated carbocycles. The highest BCUT2D eigenvalue weighted by atomic mass is 19.4. The molecule has 0 unspecified atom stereocenters. The molecule has 0 N–H and O–H groups in total. The molecule has 0 aromatic carbocycles. The number of hydrogen-bond acceptors (Lipinski definition) is 5. The van der Waals surface area contributed by atoms with Gasteiger partial charge in [-0.05, 0) is 43.5 Å². The molecule has 1 aliphatic rings. The predicted molar refractivity (Wildman–Crippen MR) is 106 cm³/mol. The average molecular weight is 417 g/mol. The Bertz CT molecular complexity index is 1050. The third kappa shape index (κ3) is 4.67. The van der Waals surface area contributed by atoms with Crippen LogP contribution in [-0.4, -0.2) is 56.2 Å². The Labute approximate surface area is 171 Å². The van der Waals surface area contributed by atoms with E-state index in [1.54, 1.807) is 28.2 Å². The molecule has 3 aromatic rings. The van der Waals surface area contributed by atoms with Gasteiger partial charge in [0, 0.05) is 42.3 Å². The van der Waals surface area contributed by atoms with E-state index in [1.807, 2.05) is 25.4 Å². The molecule has 1 saturated heterocycles. The van der Waals surface area contributed by atoms with Crippen molar-refractivity contribution in [2.45, 2.75) is 25.4 Å². The number of likely N-dealkylation sites (tertiary alicyclic amines) is 1. The second-order valence-corrected chi connectivity index (χ2v) is 7.80. The van der Waals surface area contributed by atoms with Crippen LogP contribution in [0.15, 0.2) is 36.9 Å². The number of ketones is 1. The fourth-order valence-corrected chi connectivity index (χ4v) is 3.82. The zero-order valence-corrected chi connectivity index (χ0v) is 16.6. The number of carbonyl (C=O) groups excluding carboxylic acids is 1. The van der Waals surface area contributed by atoms with E-state index >= 15 is 0 Å². The van der Waals surface area contributed by atoms with Gasteiger partial charge in [0.15, 0.2) is 5.78 Å². The highest BCUT2D eigenvalue weighted by Crippen LogP contribution is 2.34. The lowest BCUT2D eigenvalue weighted by Crippen LogP contribution is -2.41. The number of aromatic nitrogens is 4. The van der Waals surface area contributed by atoms with E-state index in [-0.39, 0.29) is 31.6 Å². The van der Waals surface area contributed by atoms with E-state index < -0.39 is 12.1 Å². The monoisotopic (exact) mass is 417 g/mol. The van der Waals surface area contributed by atoms with Crippen molar-refractivity contribution in [3.05, 3.63) is 42.6 Å². The van der Waals surface area contributed by atoms with Gasteiger partial charge in [-0.1, -0.05) is 0 Å². The highest BCUT2D eigenvalue weighted by Gasteiger charge is 2.41. The Balaban J connectivity index is 1.40. The number of Topliss-reactive ketones (excluding diaryl/α,β-unsaturated/α-hetero) is 1. The molecule has 4 rings (SSSR count). The van der Waals surface area contributed by atoms with Gasteiger partial charge in [0.2, 0.25) is 0 Å². The van der Waals surface area contributed by atoms with Crippen LogP contribution in [0.4, 0.5) is 13.2 Å². The van der Waals surface area contributed by atoms with Crippen LogP contribution in [0.1, 0.15) is 18.5 Å². The van der Waals surface area contributed by atoms with Crippen molar-refractivity contribution in [2.75, 3.05) is 19.6 Å². The summed E-state index contributed by atoms with van der Waals surface area (Å²) in [6.45, 7) is 0.740. The molecule has 0 bridgehead atoms. The van der Waals surface area contributed by atoms with Crippen molar-refractivity contribution < 1.29 is 18.0 Å². The first-order chi connectivity index (χ1) is 14.3. The number of carbonyl (C=O) groups is 1. The summed E-state index contributed by atoms with van der Waals surface area (Å²) in [7, 11) is 1.84. The van der Waals surface area contributed by atoms with Gasteiger partial charge >= 0.3 is 6.18 Å². The normalized spacial score (nSPS) is 16.3. The summed E-state index contributed by atoms with van der Waals surface area (Å²) in [6.07, 6.45) is 3.15. The first-order valence-corrected chi connectivity index (χ1v) is 9.82. The lowest BCUT2D eigenvalue weighted by Gasteiger charge is -2.32. The molecule has 9 heteroatoms. The predicted octanol–water partition coefficient (Wildman–Crippen LogP) is 3.42. The largest absolute Gasteiger partial charge is 0.391 e. The van der Waals surface area contributed by atoms with Gasteiger partial charge < -0.3 is 0 Å². The summed E-state index contributed by atoms with van der Waals surface area (Å²) < 4.78 is 40.0. The van der Waals surface area contributed by atoms with E-state index in [0.717, 1.165) is 22.0 Å². The van der Waals surface area contributed by atoms with Crippen LogP contribution in [0.5, 0.6) is 0 Å². The summed E-state index contributed by atoms with van der Waals surface area (Å²) in [6, 6.07) is 3.80. The Morgan fingerprint density at radius 2 is 1.83 bits per heavy atom. The maximum atomic E-state index is 12.8. The molecule has 6 nitrogen and oxygen atoms in total. The summed E-state index contributed by atoms with van der Waals surface area (Å²) in [5, 5.41) is 5.95. The van der Waals surface area contributed by atoms with E-state index in [0.29, 0.717) is 18.8 Å². The van der Waals surface area contributed by atoms with Gasteiger partial charge in [0.25, 0.3) is 0 Å². The number of alkyl halides is 3. The lowest BCUT2D eigenvalue weighted by molar-refractivity contribution is -0.185. The molecule has 0 amide bonds. The number of aryl methyl sites for hydroxylation is 1. The van der Waals surface area contributed by atoms with Crippen LogP contribution < -0.4 is 0 Å². The Morgan fingerprint density at radius 1 is 1.10 bits per heavy atom. The second-order valence-electron chi connectivity index (χ2n) is 7.80. The van der Waals surface area contributed by atoms with Crippen LogP contribution in [0.2, 0.25) is 0 Å². The van der Waals surface area contributed by atoms with Gasteiger partial charge in [-0.15, -0.1) is 0 Å². The highest BCUT2D eigenvalue weighted by molar-refractivity contribution is 5.87. The third-order valence-corrected chi connectivity index (χ3v) is 5.49. The molecule has 1 fully saturated rings. The average Bonchev–Trinajstić information content (AvgIpc) is 3.13. The van der Waals surface area contributed by atoms with Crippen molar-refractivity contribution in [3.8, 4) is 11.3 Å². The summed E-state index contributed by atoms with van der Waals surface area (Å²) in [5.41, 5.74) is 2.32. The molecule has 0 atom stereocenters. The number of nitrogens with zero attached hydrogens (tertiary/aromatic N) is 5. The van der Waals surface area contributed by atoms with Crippen molar-refractivity contribution >= 4 is 16.6 Å². The van der Waals surface area contributed by atoms with Gasteiger partial charge in [-0.3, -0.25) is 24.3 Å². The zero-order chi connectivity index (χ0) is 21.3. The minimum atomic E-state index is -4.14. The van der Waals surface area contributed by atoms with E-state index in [9.17, 15) is 18.0 Å². The van der Waals surface area contributed by atoms with Crippen molar-refractivity contribution in [1.82, 2.24) is 24.6 Å². The molecule has 0 aliphatic carbocycles. The molecule has 0 radical (unpaired) electrons. The number of pyridine rings is 2. The maximum absolute atomic E-state index is 12.8. The molecule has 3 aromatic heterocycles. The SMILES string of the molecule is Cn1cc(-c2cc3cc(CC(=O)CN4CCC(C(F)(F)F)CC4)ncc3cn2)cn1. The maximum Gasteiger partial charge on any atom is 0.391 e. The third-order valence-electron chi connectivity index (χ3n) is 5.49. The minimum absolute atomic E-state index is 0.0474. The summed E-state index contributed by atoms with van der Waals surface area (Å²) in [5.74, 6) is -1.30. The van der Waals surface area contributed by atoms with Crippen LogP contribution in [0, 0.1) is 5.92 Å². The van der Waals surface area contributed by atoms with Gasteiger partial charge in [-0.25, -0.2) is 0 Å². The fourth-order valence-electron chi connectivity index (χ4n) is 3.82. The van der Waals surface area contributed by atoms with Crippen LogP contribution in [0.3, 0.4) is 0 Å². The first kappa shape index (κ1) is 20.5. The topological polar surface area (TPSA) is 63.9 Å². The number of rotatable bonds is 5. The number of piperidine rings is 1. The smallest absolute Gasteiger partial charge is 0.298 e. The second kappa shape index (κ2) is 8.14. The first-order valence-electron chi connectivity index (χ1n) is 9.82. The van der Waals surface area contributed by atoms with Gasteiger partial charge in [0.05, 0.1) is 30.8 Å². The zero-order valence-electron chi connectivity index (χ0n) is 16.6.